The fourth-order valence-corrected chi connectivity index (χ4v) is 2.32. The third-order valence-electron chi connectivity index (χ3n) is 3.66. The summed E-state index contributed by atoms with van der Waals surface area (Å²) in [6, 6.07) is 14.6. The predicted octanol–water partition coefficient (Wildman–Crippen LogP) is 3.95. The first-order valence-electron chi connectivity index (χ1n) is 6.99. The third-order valence-corrected chi connectivity index (χ3v) is 3.66. The fraction of sp³-hybridized carbons (Fsp3) is 0.211. The Labute approximate surface area is 125 Å². The lowest BCUT2D eigenvalue weighted by atomic mass is 9.83. The van der Waals surface area contributed by atoms with Crippen LogP contribution in [0.5, 0.6) is 0 Å². The van der Waals surface area contributed by atoms with Crippen LogP contribution in [0.3, 0.4) is 0 Å². The largest absolute Gasteiger partial charge is 0.377 e. The van der Waals surface area contributed by atoms with Crippen LogP contribution in [0.25, 0.3) is 0 Å². The Morgan fingerprint density at radius 1 is 1.05 bits per heavy atom. The van der Waals surface area contributed by atoms with Gasteiger partial charge < -0.3 is 5.11 Å². The van der Waals surface area contributed by atoms with E-state index in [1.54, 1.807) is 30.3 Å². The van der Waals surface area contributed by atoms with Gasteiger partial charge in [0.2, 0.25) is 0 Å². The zero-order chi connectivity index (χ0) is 15.5. The van der Waals surface area contributed by atoms with Crippen molar-refractivity contribution in [3.63, 3.8) is 0 Å². The molecule has 1 atom stereocenters. The number of carbonyl (C=O) groups is 1. The van der Waals surface area contributed by atoms with E-state index in [9.17, 15) is 9.90 Å². The second kappa shape index (κ2) is 6.06. The van der Waals surface area contributed by atoms with E-state index in [-0.39, 0.29) is 12.2 Å². The molecule has 0 fully saturated rings. The summed E-state index contributed by atoms with van der Waals surface area (Å²) in [7, 11) is 0. The number of hydrogen-bond acceptors (Lipinski definition) is 2. The van der Waals surface area contributed by atoms with Gasteiger partial charge in [0, 0.05) is 12.0 Å². The molecule has 0 spiro atoms. The highest BCUT2D eigenvalue weighted by Crippen LogP contribution is 2.30. The van der Waals surface area contributed by atoms with Crippen LogP contribution in [0.4, 0.5) is 0 Å². The van der Waals surface area contributed by atoms with Crippen molar-refractivity contribution >= 4 is 5.78 Å². The zero-order valence-electron chi connectivity index (χ0n) is 12.5. The second-order valence-corrected chi connectivity index (χ2v) is 5.41. The van der Waals surface area contributed by atoms with Crippen LogP contribution in [0.2, 0.25) is 0 Å². The highest BCUT2D eigenvalue weighted by molar-refractivity contribution is 6.03. The number of carbonyl (C=O) groups excluding carboxylic acids is 1. The second-order valence-electron chi connectivity index (χ2n) is 5.41. The van der Waals surface area contributed by atoms with Gasteiger partial charge in [-0.05, 0) is 19.4 Å². The van der Waals surface area contributed by atoms with Crippen LogP contribution in [-0.2, 0) is 5.60 Å². The van der Waals surface area contributed by atoms with Crippen molar-refractivity contribution < 1.29 is 9.90 Å². The molecule has 0 aliphatic rings. The molecule has 0 heterocycles. The molecule has 2 rings (SSSR count). The van der Waals surface area contributed by atoms with Crippen molar-refractivity contribution in [3.8, 4) is 0 Å². The van der Waals surface area contributed by atoms with E-state index in [0.29, 0.717) is 11.1 Å². The quantitative estimate of drug-likeness (QED) is 0.665. The van der Waals surface area contributed by atoms with Crippen LogP contribution < -0.4 is 0 Å². The zero-order valence-corrected chi connectivity index (χ0v) is 12.5. The van der Waals surface area contributed by atoms with Crippen molar-refractivity contribution in [2.24, 2.45) is 0 Å². The first-order chi connectivity index (χ1) is 9.97. The Hall–Kier alpha value is -2.19. The highest BCUT2D eigenvalue weighted by atomic mass is 16.3. The summed E-state index contributed by atoms with van der Waals surface area (Å²) >= 11 is 0. The van der Waals surface area contributed by atoms with Gasteiger partial charge in [-0.1, -0.05) is 65.7 Å². The van der Waals surface area contributed by atoms with Gasteiger partial charge in [-0.3, -0.25) is 4.79 Å². The van der Waals surface area contributed by atoms with Crippen LogP contribution in [0, 0.1) is 13.8 Å². The Balaban J connectivity index is 2.45. The van der Waals surface area contributed by atoms with E-state index >= 15 is 0 Å². The molecule has 108 valence electrons. The minimum Gasteiger partial charge on any atom is -0.377 e. The molecule has 0 aliphatic carbocycles. The Bertz CT molecular complexity index is 638. The Kier molecular flexibility index (Phi) is 4.39. The van der Waals surface area contributed by atoms with Gasteiger partial charge in [-0.2, -0.15) is 0 Å². The van der Waals surface area contributed by atoms with E-state index in [4.69, 9.17) is 0 Å². The molecule has 0 saturated heterocycles. The van der Waals surface area contributed by atoms with E-state index in [0.717, 1.165) is 11.1 Å². The van der Waals surface area contributed by atoms with Gasteiger partial charge in [0.05, 0.1) is 0 Å². The molecular weight excluding hydrogens is 260 g/mol. The summed E-state index contributed by atoms with van der Waals surface area (Å²) in [5.41, 5.74) is 1.70. The van der Waals surface area contributed by atoms with Crippen molar-refractivity contribution in [3.05, 3.63) is 83.4 Å². The molecule has 0 amide bonds. The summed E-state index contributed by atoms with van der Waals surface area (Å²) in [6.07, 6.45) is 1.76. The normalized spacial score (nSPS) is 13.5. The van der Waals surface area contributed by atoms with Gasteiger partial charge in [0.25, 0.3) is 0 Å². The van der Waals surface area contributed by atoms with Gasteiger partial charge in [0.1, 0.15) is 0 Å². The molecule has 1 N–H and O–H groups in total. The maximum Gasteiger partial charge on any atom is 0.199 e. The summed E-state index contributed by atoms with van der Waals surface area (Å²) in [6.45, 7) is 7.60. The number of aliphatic hydroxyl groups is 1. The molecule has 0 bridgehead atoms. The maximum absolute atomic E-state index is 12.8. The molecule has 0 saturated carbocycles. The van der Waals surface area contributed by atoms with E-state index in [1.165, 1.54) is 0 Å². The molecule has 0 aliphatic heterocycles. The van der Waals surface area contributed by atoms with Crippen molar-refractivity contribution in [2.75, 3.05) is 0 Å². The molecule has 2 nitrogen and oxygen atoms in total. The number of aryl methyl sites for hydroxylation is 2. The molecular formula is C19H20O2. The molecule has 2 aromatic rings. The number of rotatable bonds is 5. The first kappa shape index (κ1) is 15.2. The van der Waals surface area contributed by atoms with E-state index < -0.39 is 5.60 Å². The molecule has 2 heteroatoms. The maximum atomic E-state index is 12.8. The molecule has 2 aromatic carbocycles. The highest BCUT2D eigenvalue weighted by Gasteiger charge is 2.37. The van der Waals surface area contributed by atoms with Gasteiger partial charge in [-0.15, -0.1) is 6.58 Å². The standard InChI is InChI=1S/C19H20O2/c1-4-13-19(21,17-11-7-15(3)8-12-17)18(20)16-9-5-14(2)6-10-16/h4-12,21H,1,13H2,2-3H3. The smallest absolute Gasteiger partial charge is 0.199 e. The van der Waals surface area contributed by atoms with Gasteiger partial charge in [-0.25, -0.2) is 0 Å². The van der Waals surface area contributed by atoms with Crippen molar-refractivity contribution in [1.29, 1.82) is 0 Å². The van der Waals surface area contributed by atoms with Crippen LogP contribution in [-0.4, -0.2) is 10.9 Å². The van der Waals surface area contributed by atoms with Crippen LogP contribution in [0.1, 0.15) is 33.5 Å². The average molecular weight is 280 g/mol. The predicted molar refractivity (Wildman–Crippen MR) is 85.4 cm³/mol. The van der Waals surface area contributed by atoms with Crippen molar-refractivity contribution in [1.82, 2.24) is 0 Å². The fourth-order valence-electron chi connectivity index (χ4n) is 2.32. The number of hydrogen-bond donors (Lipinski definition) is 1. The number of benzene rings is 2. The lowest BCUT2D eigenvalue weighted by molar-refractivity contribution is 0.0313. The molecule has 0 aromatic heterocycles. The lowest BCUT2D eigenvalue weighted by Crippen LogP contribution is -2.35. The lowest BCUT2D eigenvalue weighted by Gasteiger charge is -2.26. The summed E-state index contributed by atoms with van der Waals surface area (Å²) < 4.78 is 0. The average Bonchev–Trinajstić information content (AvgIpc) is 2.48. The van der Waals surface area contributed by atoms with Crippen LogP contribution in [0.15, 0.2) is 61.2 Å². The first-order valence-corrected chi connectivity index (χ1v) is 6.99. The van der Waals surface area contributed by atoms with Crippen LogP contribution >= 0.6 is 0 Å². The summed E-state index contributed by atoms with van der Waals surface area (Å²) in [5.74, 6) is -0.300. The summed E-state index contributed by atoms with van der Waals surface area (Å²) in [5, 5.41) is 10.9. The van der Waals surface area contributed by atoms with Gasteiger partial charge >= 0.3 is 0 Å². The van der Waals surface area contributed by atoms with Gasteiger partial charge in [0.15, 0.2) is 11.4 Å². The van der Waals surface area contributed by atoms with Crippen molar-refractivity contribution in [2.45, 2.75) is 25.9 Å². The third kappa shape index (κ3) is 3.11. The Morgan fingerprint density at radius 3 is 2.00 bits per heavy atom. The minimum atomic E-state index is -1.56. The molecule has 0 radical (unpaired) electrons. The molecule has 1 unspecified atom stereocenters. The minimum absolute atomic E-state index is 0.183. The molecule has 21 heavy (non-hydrogen) atoms. The topological polar surface area (TPSA) is 37.3 Å². The number of ketones is 1. The summed E-state index contributed by atoms with van der Waals surface area (Å²) in [4.78, 5) is 12.8. The monoisotopic (exact) mass is 280 g/mol. The SMILES string of the molecule is C=CCC(O)(C(=O)c1ccc(C)cc1)c1ccc(C)cc1. The van der Waals surface area contributed by atoms with E-state index in [1.807, 2.05) is 38.1 Å². The Morgan fingerprint density at radius 2 is 1.52 bits per heavy atom. The number of Topliss-reactive ketones (excluding diaryl/α,β-unsaturated/α-hetero) is 1. The van der Waals surface area contributed by atoms with E-state index in [2.05, 4.69) is 6.58 Å².